The van der Waals surface area contributed by atoms with Gasteiger partial charge in [-0.1, -0.05) is 459 Å². The Morgan fingerprint density at radius 2 is 0.404 bits per heavy atom. The summed E-state index contributed by atoms with van der Waals surface area (Å²) in [5, 5.41) is 34.5. The second-order valence-electron chi connectivity index (χ2n) is 35.1. The average molecular weight is 1620 g/mol. The molecule has 0 bridgehead atoms. The maximum absolute atomic E-state index is 13.8. The van der Waals surface area contributed by atoms with Gasteiger partial charge < -0.3 is 10.2 Å². The number of unbranched alkanes of at least 4 members (excludes halogenated alkanes) is 52. The zero-order chi connectivity index (χ0) is 79.6. The molecule has 0 atom stereocenters. The van der Waals surface area contributed by atoms with E-state index in [0.717, 1.165) is 68.8 Å². The fourth-order valence-corrected chi connectivity index (χ4v) is 22.4. The van der Waals surface area contributed by atoms with Gasteiger partial charge in [0.1, 0.15) is 11.2 Å². The monoisotopic (exact) mass is 1620 g/mol. The largest absolute Gasteiger partial charge is 0.376 e. The van der Waals surface area contributed by atoms with Crippen molar-refractivity contribution in [3.05, 3.63) is 200 Å². The van der Waals surface area contributed by atoms with Gasteiger partial charge in [0.25, 0.3) is 0 Å². The SMILES string of the molecule is CCCCCCCCCCCCCCCCc1ccc(C(O)(c2ccc(CCCCCCCCCCCCCCCC)cc2)c2ccsc2-c2cc3cc4sc(-c5sccc5C(O)(c5ccc(CCCCCCCCCCCCCCCC)cc5)c5ccc(CCCCCCCCCCCCCCCC)cc5)cc4cc3s2)cc1. The van der Waals surface area contributed by atoms with E-state index in [1.807, 2.05) is 22.7 Å². The Bertz CT molecular complexity index is 3420. The first-order valence-electron chi connectivity index (χ1n) is 48.2. The summed E-state index contributed by atoms with van der Waals surface area (Å²) in [6, 6.07) is 50.2. The van der Waals surface area contributed by atoms with Crippen LogP contribution in [0.1, 0.15) is 443 Å². The summed E-state index contributed by atoms with van der Waals surface area (Å²) in [7, 11) is 0. The third kappa shape index (κ3) is 31.8. The third-order valence-corrected chi connectivity index (χ3v) is 29.9. The van der Waals surface area contributed by atoms with Gasteiger partial charge in [-0.05, 0) is 154 Å². The summed E-state index contributed by atoms with van der Waals surface area (Å²) in [5.41, 5.74) is 8.39. The Labute approximate surface area is 713 Å². The van der Waals surface area contributed by atoms with Crippen LogP contribution in [0.25, 0.3) is 39.7 Å². The van der Waals surface area contributed by atoms with Gasteiger partial charge >= 0.3 is 0 Å². The summed E-state index contributed by atoms with van der Waals surface area (Å²) < 4.78 is 2.49. The molecular weight excluding hydrogens is 1460 g/mol. The van der Waals surface area contributed by atoms with Crippen LogP contribution in [0.5, 0.6) is 0 Å². The van der Waals surface area contributed by atoms with E-state index < -0.39 is 11.2 Å². The molecule has 0 aliphatic rings. The van der Waals surface area contributed by atoms with Crippen LogP contribution in [-0.4, -0.2) is 10.2 Å². The van der Waals surface area contributed by atoms with Crippen molar-refractivity contribution >= 4 is 65.5 Å². The first kappa shape index (κ1) is 93.2. The van der Waals surface area contributed by atoms with Crippen molar-refractivity contribution in [3.63, 3.8) is 0 Å². The molecule has 0 fully saturated rings. The number of thiophene rings is 4. The summed E-state index contributed by atoms with van der Waals surface area (Å²) >= 11 is 7.20. The van der Waals surface area contributed by atoms with Gasteiger partial charge in [0.15, 0.2) is 0 Å². The van der Waals surface area contributed by atoms with Crippen LogP contribution >= 0.6 is 45.3 Å². The molecule has 114 heavy (non-hydrogen) atoms. The van der Waals surface area contributed by atoms with Crippen LogP contribution < -0.4 is 0 Å². The second kappa shape index (κ2) is 56.0. The summed E-state index contributed by atoms with van der Waals surface area (Å²) in [4.78, 5) is 4.65. The number of rotatable bonds is 68. The Morgan fingerprint density at radius 3 is 0.596 bits per heavy atom. The highest BCUT2D eigenvalue weighted by molar-refractivity contribution is 7.27. The molecule has 0 aliphatic heterocycles. The molecule has 0 unspecified atom stereocenters. The zero-order valence-electron chi connectivity index (χ0n) is 72.8. The number of fused-ring (bicyclic) bond motifs is 2. The molecule has 4 aromatic heterocycles. The fourth-order valence-electron chi connectivity index (χ4n) is 18.1. The van der Waals surface area contributed by atoms with Crippen molar-refractivity contribution in [1.82, 2.24) is 0 Å². The Balaban J connectivity index is 0.873. The topological polar surface area (TPSA) is 40.5 Å². The van der Waals surface area contributed by atoms with Gasteiger partial charge in [-0.3, -0.25) is 0 Å². The highest BCUT2D eigenvalue weighted by atomic mass is 32.1. The summed E-state index contributed by atoms with van der Waals surface area (Å²) in [6.45, 7) is 9.23. The smallest absolute Gasteiger partial charge is 0.142 e. The lowest BCUT2D eigenvalue weighted by Crippen LogP contribution is -2.29. The number of hydrogen-bond acceptors (Lipinski definition) is 6. The van der Waals surface area contributed by atoms with Gasteiger partial charge in [0, 0.05) is 30.3 Å². The van der Waals surface area contributed by atoms with E-state index in [1.54, 1.807) is 22.7 Å². The predicted octanol–water partition coefficient (Wildman–Crippen LogP) is 36.2. The molecule has 5 aromatic carbocycles. The molecule has 0 spiro atoms. The number of aliphatic hydroxyl groups is 2. The first-order chi connectivity index (χ1) is 56.3. The van der Waals surface area contributed by atoms with Crippen LogP contribution in [0.2, 0.25) is 0 Å². The quantitative estimate of drug-likeness (QED) is 0.0373. The Kier molecular flexibility index (Phi) is 45.8. The molecule has 626 valence electrons. The van der Waals surface area contributed by atoms with Crippen LogP contribution in [0.15, 0.2) is 144 Å². The van der Waals surface area contributed by atoms with Crippen molar-refractivity contribution in [2.45, 2.75) is 424 Å². The van der Waals surface area contributed by atoms with E-state index in [4.69, 9.17) is 0 Å². The molecule has 0 aliphatic carbocycles. The van der Waals surface area contributed by atoms with Crippen molar-refractivity contribution < 1.29 is 10.2 Å². The summed E-state index contributed by atoms with van der Waals surface area (Å²) in [5.74, 6) is 0. The van der Waals surface area contributed by atoms with Gasteiger partial charge in [-0.15, -0.1) is 45.3 Å². The molecule has 6 heteroatoms. The minimum atomic E-state index is -1.34. The molecule has 4 heterocycles. The number of hydrogen-bond donors (Lipinski definition) is 2. The minimum absolute atomic E-state index is 0.931. The van der Waals surface area contributed by atoms with Crippen molar-refractivity contribution in [2.24, 2.45) is 0 Å². The van der Waals surface area contributed by atoms with E-state index in [0.29, 0.717) is 0 Å². The van der Waals surface area contributed by atoms with Crippen LogP contribution in [0, 0.1) is 0 Å². The molecule has 0 saturated heterocycles. The Morgan fingerprint density at radius 1 is 0.219 bits per heavy atom. The first-order valence-corrected chi connectivity index (χ1v) is 51.6. The maximum atomic E-state index is 13.8. The van der Waals surface area contributed by atoms with E-state index in [2.05, 4.69) is 172 Å². The lowest BCUT2D eigenvalue weighted by atomic mass is 9.79. The standard InChI is InChI=1S/C108H158O2S4/c1-5-9-13-17-21-25-29-33-37-41-45-49-53-57-61-89-65-73-95(74-66-89)107(109,96-75-67-90(68-76-96)62-58-54-50-46-42-38-34-30-26-22-18-14-10-6-2)99-81-83-111-105(99)103-87-93-85-102-94(86-101(93)113-103)88-104(114-102)106-100(82-84-112-106)108(110,97-77-69-91(70-78-97)63-59-55-51-47-43-39-35-31-27-23-19-15-11-7-3)98-79-71-92(72-80-98)64-60-56-52-48-44-40-36-32-28-24-20-16-12-8-4/h65-88,109-110H,5-64H2,1-4H3. The highest BCUT2D eigenvalue weighted by Crippen LogP contribution is 2.51. The number of aryl methyl sites for hydroxylation is 4. The maximum Gasteiger partial charge on any atom is 0.142 e. The molecule has 9 aromatic rings. The normalized spacial score (nSPS) is 12.1. The van der Waals surface area contributed by atoms with Gasteiger partial charge in [0.2, 0.25) is 0 Å². The molecule has 0 amide bonds. The van der Waals surface area contributed by atoms with Gasteiger partial charge in [-0.2, -0.15) is 0 Å². The van der Waals surface area contributed by atoms with E-state index in [9.17, 15) is 10.2 Å². The number of benzene rings is 5. The third-order valence-electron chi connectivity index (χ3n) is 25.5. The molecule has 0 saturated carbocycles. The van der Waals surface area contributed by atoms with Crippen LogP contribution in [0.4, 0.5) is 0 Å². The van der Waals surface area contributed by atoms with Gasteiger partial charge in [-0.25, -0.2) is 0 Å². The second-order valence-corrected chi connectivity index (χ2v) is 39.1. The predicted molar refractivity (Wildman–Crippen MR) is 510 cm³/mol. The molecule has 9 rings (SSSR count). The van der Waals surface area contributed by atoms with Crippen molar-refractivity contribution in [1.29, 1.82) is 0 Å². The summed E-state index contributed by atoms with van der Waals surface area (Å²) in [6.07, 6.45) is 81.1. The minimum Gasteiger partial charge on any atom is -0.376 e. The van der Waals surface area contributed by atoms with Crippen LogP contribution in [-0.2, 0) is 36.9 Å². The fraction of sp³-hybridized carbons (Fsp3) is 0.611. The van der Waals surface area contributed by atoms with Crippen molar-refractivity contribution in [2.75, 3.05) is 0 Å². The van der Waals surface area contributed by atoms with Crippen LogP contribution in [0.3, 0.4) is 0 Å². The molecule has 2 nitrogen and oxygen atoms in total. The van der Waals surface area contributed by atoms with E-state index >= 15 is 0 Å². The molecular formula is C108H158O2S4. The molecule has 0 radical (unpaired) electrons. The average Bonchev–Trinajstić information content (AvgIpc) is 1.49. The Hall–Kier alpha value is -4.66. The van der Waals surface area contributed by atoms with Gasteiger partial charge in [0.05, 0.1) is 9.75 Å². The lowest BCUT2D eigenvalue weighted by Gasteiger charge is -2.30. The lowest BCUT2D eigenvalue weighted by molar-refractivity contribution is 0.126. The zero-order valence-corrected chi connectivity index (χ0v) is 76.1. The van der Waals surface area contributed by atoms with E-state index in [1.165, 1.54) is 412 Å². The van der Waals surface area contributed by atoms with Crippen molar-refractivity contribution in [3.8, 4) is 19.5 Å². The van der Waals surface area contributed by atoms with E-state index in [-0.39, 0.29) is 0 Å². The highest BCUT2D eigenvalue weighted by Gasteiger charge is 2.39. The molecule has 2 N–H and O–H groups in total.